The van der Waals surface area contributed by atoms with Crippen LogP contribution in [-0.4, -0.2) is 37.2 Å². The normalized spacial score (nSPS) is 12.5. The number of hydrogen-bond acceptors (Lipinski definition) is 6. The molecule has 388 valence electrons. The molecule has 0 N–H and O–H groups in total. The standard InChI is InChI=1S/C61H108O6/c1-4-7-10-13-16-19-22-23-24-25-26-27-28-29-30-31-32-33-34-35-36-37-40-42-45-48-51-54-60(63)66-57-58(67-61(64)55-52-49-46-43-39-21-18-15-12-9-6-3)56-65-59(62)53-50-47-44-41-38-20-17-14-11-8-5-2/h14-15,17-18,22-23,25-26,28-29,58H,4-13,16,19-21,24,27,30-57H2,1-3H3/b17-14-,18-15-,23-22-,26-25-,29-28-. The summed E-state index contributed by atoms with van der Waals surface area (Å²) in [6, 6.07) is 0. The fraction of sp³-hybridized carbons (Fsp3) is 0.787. The number of carbonyl (C=O) groups excluding carboxylic acids is 3. The highest BCUT2D eigenvalue weighted by atomic mass is 16.6. The summed E-state index contributed by atoms with van der Waals surface area (Å²) < 4.78 is 16.8. The lowest BCUT2D eigenvalue weighted by Gasteiger charge is -2.18. The zero-order valence-electron chi connectivity index (χ0n) is 44.4. The predicted molar refractivity (Wildman–Crippen MR) is 288 cm³/mol. The fourth-order valence-electron chi connectivity index (χ4n) is 8.06. The minimum Gasteiger partial charge on any atom is -0.462 e. The van der Waals surface area contributed by atoms with E-state index in [4.69, 9.17) is 14.2 Å². The molecule has 0 fully saturated rings. The summed E-state index contributed by atoms with van der Waals surface area (Å²) in [4.78, 5) is 38.0. The third-order valence-corrected chi connectivity index (χ3v) is 12.5. The molecule has 0 amide bonds. The second kappa shape index (κ2) is 55.7. The second-order valence-corrected chi connectivity index (χ2v) is 19.2. The van der Waals surface area contributed by atoms with Gasteiger partial charge in [-0.2, -0.15) is 0 Å². The van der Waals surface area contributed by atoms with E-state index in [0.717, 1.165) is 89.9 Å². The number of unbranched alkanes of at least 4 members (excludes halogenated alkanes) is 31. The summed E-state index contributed by atoms with van der Waals surface area (Å²) in [5.74, 6) is -0.895. The van der Waals surface area contributed by atoms with Crippen LogP contribution in [0.3, 0.4) is 0 Å². The molecule has 0 spiro atoms. The molecule has 0 aliphatic carbocycles. The number of hydrogen-bond donors (Lipinski definition) is 0. The first-order valence-corrected chi connectivity index (χ1v) is 28.8. The monoisotopic (exact) mass is 937 g/mol. The van der Waals surface area contributed by atoms with Gasteiger partial charge in [0.25, 0.3) is 0 Å². The number of esters is 3. The van der Waals surface area contributed by atoms with Gasteiger partial charge in [-0.3, -0.25) is 14.4 Å². The summed E-state index contributed by atoms with van der Waals surface area (Å²) in [5.41, 5.74) is 0. The highest BCUT2D eigenvalue weighted by Crippen LogP contribution is 2.15. The van der Waals surface area contributed by atoms with Gasteiger partial charge >= 0.3 is 17.9 Å². The molecule has 0 aromatic carbocycles. The minimum atomic E-state index is -0.780. The van der Waals surface area contributed by atoms with Gasteiger partial charge in [-0.1, -0.05) is 236 Å². The molecule has 0 aliphatic rings. The SMILES string of the molecule is CCCC/C=C\CCCCCCCC(=O)OCC(COC(=O)CCCCCCCCCCCCCC/C=C\C/C=C\C/C=C\CCCCCCC)OC(=O)CCCCCCC/C=C\CCCC. The molecule has 6 nitrogen and oxygen atoms in total. The van der Waals surface area contributed by atoms with E-state index in [2.05, 4.69) is 81.5 Å². The van der Waals surface area contributed by atoms with E-state index in [0.29, 0.717) is 19.3 Å². The van der Waals surface area contributed by atoms with E-state index in [-0.39, 0.29) is 31.1 Å². The summed E-state index contributed by atoms with van der Waals surface area (Å²) in [7, 11) is 0. The predicted octanol–water partition coefficient (Wildman–Crippen LogP) is 19.2. The van der Waals surface area contributed by atoms with Crippen LogP contribution < -0.4 is 0 Å². The Balaban J connectivity index is 4.17. The molecule has 0 radical (unpaired) electrons. The van der Waals surface area contributed by atoms with Crippen molar-refractivity contribution in [2.75, 3.05) is 13.2 Å². The maximum atomic E-state index is 12.8. The molecule has 0 saturated heterocycles. The van der Waals surface area contributed by atoms with Gasteiger partial charge in [0, 0.05) is 19.3 Å². The Morgan fingerprint density at radius 1 is 0.299 bits per heavy atom. The van der Waals surface area contributed by atoms with Crippen LogP contribution in [0, 0.1) is 0 Å². The zero-order valence-corrected chi connectivity index (χ0v) is 44.4. The summed E-state index contributed by atoms with van der Waals surface area (Å²) in [5, 5.41) is 0. The average molecular weight is 938 g/mol. The van der Waals surface area contributed by atoms with E-state index in [9.17, 15) is 14.4 Å². The molecule has 0 aliphatic heterocycles. The van der Waals surface area contributed by atoms with Gasteiger partial charge in [0.2, 0.25) is 0 Å². The van der Waals surface area contributed by atoms with Gasteiger partial charge in [-0.05, 0) is 96.3 Å². The van der Waals surface area contributed by atoms with Gasteiger partial charge < -0.3 is 14.2 Å². The van der Waals surface area contributed by atoms with Crippen molar-refractivity contribution in [3.05, 3.63) is 60.8 Å². The van der Waals surface area contributed by atoms with Crippen LogP contribution >= 0.6 is 0 Å². The van der Waals surface area contributed by atoms with Gasteiger partial charge in [-0.15, -0.1) is 0 Å². The third-order valence-electron chi connectivity index (χ3n) is 12.5. The van der Waals surface area contributed by atoms with Crippen molar-refractivity contribution in [2.24, 2.45) is 0 Å². The van der Waals surface area contributed by atoms with Gasteiger partial charge in [-0.25, -0.2) is 0 Å². The van der Waals surface area contributed by atoms with E-state index in [1.807, 2.05) is 0 Å². The van der Waals surface area contributed by atoms with Crippen LogP contribution in [0.1, 0.15) is 290 Å². The maximum absolute atomic E-state index is 12.8. The Labute approximate surface area is 415 Å². The van der Waals surface area contributed by atoms with Gasteiger partial charge in [0.1, 0.15) is 13.2 Å². The Morgan fingerprint density at radius 2 is 0.552 bits per heavy atom. The maximum Gasteiger partial charge on any atom is 0.306 e. The van der Waals surface area contributed by atoms with E-state index < -0.39 is 6.10 Å². The van der Waals surface area contributed by atoms with Crippen LogP contribution in [0.5, 0.6) is 0 Å². The summed E-state index contributed by atoms with van der Waals surface area (Å²) in [6.07, 6.45) is 69.4. The lowest BCUT2D eigenvalue weighted by Crippen LogP contribution is -2.30. The van der Waals surface area contributed by atoms with Crippen LogP contribution in [-0.2, 0) is 28.6 Å². The number of rotatable bonds is 52. The van der Waals surface area contributed by atoms with E-state index >= 15 is 0 Å². The molecular weight excluding hydrogens is 829 g/mol. The molecule has 67 heavy (non-hydrogen) atoms. The van der Waals surface area contributed by atoms with Crippen molar-refractivity contribution in [3.8, 4) is 0 Å². The lowest BCUT2D eigenvalue weighted by atomic mass is 10.0. The summed E-state index contributed by atoms with van der Waals surface area (Å²) >= 11 is 0. The first kappa shape index (κ1) is 64.1. The summed E-state index contributed by atoms with van der Waals surface area (Å²) in [6.45, 7) is 6.55. The molecule has 6 heteroatoms. The lowest BCUT2D eigenvalue weighted by molar-refractivity contribution is -0.167. The molecule has 0 aromatic heterocycles. The number of allylic oxidation sites excluding steroid dienone is 10. The highest BCUT2D eigenvalue weighted by molar-refractivity contribution is 5.71. The van der Waals surface area contributed by atoms with Crippen molar-refractivity contribution < 1.29 is 28.6 Å². The topological polar surface area (TPSA) is 78.9 Å². The number of carbonyl (C=O) groups is 3. The smallest absolute Gasteiger partial charge is 0.306 e. The van der Waals surface area contributed by atoms with Crippen LogP contribution in [0.15, 0.2) is 60.8 Å². The third kappa shape index (κ3) is 53.9. The molecule has 0 aromatic rings. The van der Waals surface area contributed by atoms with E-state index in [1.54, 1.807) is 0 Å². The molecular formula is C61H108O6. The Kier molecular flexibility index (Phi) is 53.3. The largest absolute Gasteiger partial charge is 0.462 e. The highest BCUT2D eigenvalue weighted by Gasteiger charge is 2.19. The van der Waals surface area contributed by atoms with Gasteiger partial charge in [0.15, 0.2) is 6.10 Å². The molecule has 1 atom stereocenters. The van der Waals surface area contributed by atoms with Crippen molar-refractivity contribution in [2.45, 2.75) is 297 Å². The molecule has 0 heterocycles. The molecule has 0 bridgehead atoms. The first-order valence-electron chi connectivity index (χ1n) is 28.8. The van der Waals surface area contributed by atoms with Crippen molar-refractivity contribution >= 4 is 17.9 Å². The average Bonchev–Trinajstić information content (AvgIpc) is 3.33. The first-order chi connectivity index (χ1) is 33.0. The van der Waals surface area contributed by atoms with E-state index in [1.165, 1.54) is 161 Å². The quantitative estimate of drug-likeness (QED) is 0.0262. The van der Waals surface area contributed by atoms with Crippen LogP contribution in [0.4, 0.5) is 0 Å². The van der Waals surface area contributed by atoms with Crippen LogP contribution in [0.2, 0.25) is 0 Å². The van der Waals surface area contributed by atoms with Crippen molar-refractivity contribution in [3.63, 3.8) is 0 Å². The van der Waals surface area contributed by atoms with Crippen molar-refractivity contribution in [1.29, 1.82) is 0 Å². The van der Waals surface area contributed by atoms with Gasteiger partial charge in [0.05, 0.1) is 0 Å². The molecule has 0 rings (SSSR count). The Hall–Kier alpha value is -2.89. The number of ether oxygens (including phenoxy) is 3. The minimum absolute atomic E-state index is 0.0802. The van der Waals surface area contributed by atoms with Crippen molar-refractivity contribution in [1.82, 2.24) is 0 Å². The van der Waals surface area contributed by atoms with Crippen LogP contribution in [0.25, 0.3) is 0 Å². The zero-order chi connectivity index (χ0) is 48.6. The second-order valence-electron chi connectivity index (χ2n) is 19.2. The Bertz CT molecular complexity index is 1210. The molecule has 1 unspecified atom stereocenters. The Morgan fingerprint density at radius 3 is 0.896 bits per heavy atom. The fourth-order valence-corrected chi connectivity index (χ4v) is 8.06. The molecule has 0 saturated carbocycles.